The van der Waals surface area contributed by atoms with Crippen LogP contribution in [0.5, 0.6) is 0 Å². The molecule has 0 amide bonds. The molecule has 0 radical (unpaired) electrons. The Bertz CT molecular complexity index is 151. The molecule has 3 heteroatoms. The second-order valence-electron chi connectivity index (χ2n) is 4.10. The fraction of sp³-hybridized carbons (Fsp3) is 1.00. The molecule has 2 heterocycles. The Morgan fingerprint density at radius 3 is 2.42 bits per heavy atom. The van der Waals surface area contributed by atoms with Gasteiger partial charge in [-0.2, -0.15) is 0 Å². The predicted octanol–water partition coefficient (Wildman–Crippen LogP) is 0.200. The quantitative estimate of drug-likeness (QED) is 0.643. The third kappa shape index (κ3) is 1.79. The van der Waals surface area contributed by atoms with Crippen molar-refractivity contribution in [1.29, 1.82) is 0 Å². The lowest BCUT2D eigenvalue weighted by molar-refractivity contribution is 0.0273. The van der Waals surface area contributed by atoms with Crippen molar-refractivity contribution in [3.63, 3.8) is 0 Å². The van der Waals surface area contributed by atoms with Crippen LogP contribution in [0.2, 0.25) is 0 Å². The number of ether oxygens (including phenoxy) is 1. The van der Waals surface area contributed by atoms with Gasteiger partial charge in [-0.1, -0.05) is 0 Å². The molecule has 12 heavy (non-hydrogen) atoms. The topological polar surface area (TPSA) is 38.5 Å². The highest BCUT2D eigenvalue weighted by Crippen LogP contribution is 2.21. The monoisotopic (exact) mass is 170 g/mol. The van der Waals surface area contributed by atoms with E-state index in [4.69, 9.17) is 10.5 Å². The smallest absolute Gasteiger partial charge is 0.0484 e. The van der Waals surface area contributed by atoms with Gasteiger partial charge in [-0.3, -0.25) is 0 Å². The van der Waals surface area contributed by atoms with E-state index in [9.17, 15) is 0 Å². The Hall–Kier alpha value is -0.120. The third-order valence-corrected chi connectivity index (χ3v) is 2.98. The zero-order valence-electron chi connectivity index (χ0n) is 7.59. The molecular formula is C9H18N2O. The average molecular weight is 170 g/mol. The molecule has 0 unspecified atom stereocenters. The normalized spacial score (nSPS) is 29.8. The molecule has 0 aromatic carbocycles. The molecule has 2 fully saturated rings. The minimum absolute atomic E-state index is 0.0542. The van der Waals surface area contributed by atoms with E-state index in [2.05, 4.69) is 4.90 Å². The van der Waals surface area contributed by atoms with E-state index < -0.39 is 0 Å². The van der Waals surface area contributed by atoms with Gasteiger partial charge in [-0.05, 0) is 32.4 Å². The predicted molar refractivity (Wildman–Crippen MR) is 48.0 cm³/mol. The summed E-state index contributed by atoms with van der Waals surface area (Å²) in [5.41, 5.74) is 6.30. The third-order valence-electron chi connectivity index (χ3n) is 2.98. The summed E-state index contributed by atoms with van der Waals surface area (Å²) in [6.07, 6.45) is 3.42. The van der Waals surface area contributed by atoms with Crippen LogP contribution < -0.4 is 5.73 Å². The van der Waals surface area contributed by atoms with Gasteiger partial charge in [-0.25, -0.2) is 0 Å². The van der Waals surface area contributed by atoms with Gasteiger partial charge in [-0.15, -0.1) is 0 Å². The summed E-state index contributed by atoms with van der Waals surface area (Å²) in [6, 6.07) is 0. The van der Waals surface area contributed by atoms with Crippen LogP contribution in [0.25, 0.3) is 0 Å². The number of likely N-dealkylation sites (tertiary alicyclic amines) is 1. The zero-order chi connectivity index (χ0) is 8.44. The van der Waals surface area contributed by atoms with Gasteiger partial charge in [0.2, 0.25) is 0 Å². The Morgan fingerprint density at radius 2 is 1.92 bits per heavy atom. The van der Waals surface area contributed by atoms with Crippen molar-refractivity contribution in [2.24, 2.45) is 5.73 Å². The minimum atomic E-state index is 0.0542. The maximum absolute atomic E-state index is 6.25. The number of rotatable bonds is 2. The van der Waals surface area contributed by atoms with Crippen LogP contribution in [0.15, 0.2) is 0 Å². The fourth-order valence-electron chi connectivity index (χ4n) is 1.92. The molecule has 0 aromatic heterocycles. The van der Waals surface area contributed by atoms with Crippen molar-refractivity contribution in [3.8, 4) is 0 Å². The van der Waals surface area contributed by atoms with Crippen LogP contribution in [-0.4, -0.2) is 43.3 Å². The van der Waals surface area contributed by atoms with Gasteiger partial charge in [0.05, 0.1) is 0 Å². The van der Waals surface area contributed by atoms with Crippen molar-refractivity contribution in [2.75, 3.05) is 32.8 Å². The summed E-state index contributed by atoms with van der Waals surface area (Å²) < 4.78 is 5.30. The van der Waals surface area contributed by atoms with E-state index in [-0.39, 0.29) is 5.54 Å². The zero-order valence-corrected chi connectivity index (χ0v) is 7.59. The molecule has 0 spiro atoms. The SMILES string of the molecule is NC1(CN2CCC2)CCOCC1. The van der Waals surface area contributed by atoms with Crippen molar-refractivity contribution in [1.82, 2.24) is 4.90 Å². The molecule has 0 aromatic rings. The standard InChI is InChI=1S/C9H18N2O/c10-9(2-6-12-7-3-9)8-11-4-1-5-11/h1-8,10H2. The fourth-order valence-corrected chi connectivity index (χ4v) is 1.92. The van der Waals surface area contributed by atoms with Crippen molar-refractivity contribution in [3.05, 3.63) is 0 Å². The lowest BCUT2D eigenvalue weighted by Crippen LogP contribution is -2.56. The van der Waals surface area contributed by atoms with Gasteiger partial charge in [0, 0.05) is 25.3 Å². The molecule has 2 aliphatic rings. The largest absolute Gasteiger partial charge is 0.381 e. The van der Waals surface area contributed by atoms with Crippen molar-refractivity contribution >= 4 is 0 Å². The lowest BCUT2D eigenvalue weighted by atomic mass is 9.90. The van der Waals surface area contributed by atoms with Crippen LogP contribution >= 0.6 is 0 Å². The first-order valence-electron chi connectivity index (χ1n) is 4.88. The first-order chi connectivity index (χ1) is 5.79. The number of hydrogen-bond donors (Lipinski definition) is 1. The molecule has 2 aliphatic heterocycles. The van der Waals surface area contributed by atoms with E-state index in [0.717, 1.165) is 32.6 Å². The maximum atomic E-state index is 6.25. The van der Waals surface area contributed by atoms with E-state index in [1.165, 1.54) is 19.5 Å². The Morgan fingerprint density at radius 1 is 1.25 bits per heavy atom. The minimum Gasteiger partial charge on any atom is -0.381 e. The Balaban J connectivity index is 1.81. The Kier molecular flexibility index (Phi) is 2.35. The molecule has 2 N–H and O–H groups in total. The summed E-state index contributed by atoms with van der Waals surface area (Å²) in [6.45, 7) is 5.28. The van der Waals surface area contributed by atoms with E-state index in [1.54, 1.807) is 0 Å². The lowest BCUT2D eigenvalue weighted by Gasteiger charge is -2.41. The summed E-state index contributed by atoms with van der Waals surface area (Å²) in [4.78, 5) is 2.45. The van der Waals surface area contributed by atoms with E-state index in [1.807, 2.05) is 0 Å². The summed E-state index contributed by atoms with van der Waals surface area (Å²) in [5.74, 6) is 0. The van der Waals surface area contributed by atoms with Crippen LogP contribution in [-0.2, 0) is 4.74 Å². The van der Waals surface area contributed by atoms with E-state index >= 15 is 0 Å². The van der Waals surface area contributed by atoms with Crippen molar-refractivity contribution < 1.29 is 4.74 Å². The molecule has 0 atom stereocenters. The van der Waals surface area contributed by atoms with Gasteiger partial charge in [0.1, 0.15) is 0 Å². The maximum Gasteiger partial charge on any atom is 0.0484 e. The van der Waals surface area contributed by atoms with Crippen LogP contribution in [0, 0.1) is 0 Å². The molecule has 2 saturated heterocycles. The van der Waals surface area contributed by atoms with E-state index in [0.29, 0.717) is 0 Å². The summed E-state index contributed by atoms with van der Waals surface area (Å²) >= 11 is 0. The molecule has 0 bridgehead atoms. The highest BCUT2D eigenvalue weighted by atomic mass is 16.5. The van der Waals surface area contributed by atoms with Gasteiger partial charge in [0.15, 0.2) is 0 Å². The summed E-state index contributed by atoms with van der Waals surface area (Å²) in [5, 5.41) is 0. The van der Waals surface area contributed by atoms with Crippen LogP contribution in [0.3, 0.4) is 0 Å². The average Bonchev–Trinajstić information content (AvgIpc) is 1.99. The highest BCUT2D eigenvalue weighted by molar-refractivity contribution is 4.91. The van der Waals surface area contributed by atoms with Gasteiger partial charge in [0.25, 0.3) is 0 Å². The summed E-state index contributed by atoms with van der Waals surface area (Å²) in [7, 11) is 0. The van der Waals surface area contributed by atoms with Crippen molar-refractivity contribution in [2.45, 2.75) is 24.8 Å². The number of hydrogen-bond acceptors (Lipinski definition) is 3. The molecule has 0 saturated carbocycles. The molecule has 70 valence electrons. The molecular weight excluding hydrogens is 152 g/mol. The second-order valence-corrected chi connectivity index (χ2v) is 4.10. The first kappa shape index (κ1) is 8.48. The number of nitrogens with two attached hydrogens (primary N) is 1. The Labute approximate surface area is 73.9 Å². The van der Waals surface area contributed by atoms with Crippen LogP contribution in [0.1, 0.15) is 19.3 Å². The highest BCUT2D eigenvalue weighted by Gasteiger charge is 2.31. The second kappa shape index (κ2) is 3.32. The number of nitrogens with zero attached hydrogens (tertiary/aromatic N) is 1. The van der Waals surface area contributed by atoms with Gasteiger partial charge < -0.3 is 15.4 Å². The molecule has 2 rings (SSSR count). The van der Waals surface area contributed by atoms with Gasteiger partial charge >= 0.3 is 0 Å². The van der Waals surface area contributed by atoms with Crippen LogP contribution in [0.4, 0.5) is 0 Å². The molecule has 0 aliphatic carbocycles. The molecule has 3 nitrogen and oxygen atoms in total. The first-order valence-corrected chi connectivity index (χ1v) is 4.88.